The highest BCUT2D eigenvalue weighted by molar-refractivity contribution is 5.78. The third-order valence-electron chi connectivity index (χ3n) is 4.11. The summed E-state index contributed by atoms with van der Waals surface area (Å²) >= 11 is 0. The number of benzene rings is 1. The zero-order valence-corrected chi connectivity index (χ0v) is 16.3. The van der Waals surface area contributed by atoms with Crippen LogP contribution in [-0.2, 0) is 9.59 Å². The van der Waals surface area contributed by atoms with Crippen LogP contribution >= 0.6 is 0 Å². The number of carbonyl (C=O) groups is 2. The molecule has 0 atom stereocenters. The molecule has 0 aliphatic rings. The first-order chi connectivity index (χ1) is 11.6. The van der Waals surface area contributed by atoms with E-state index in [-0.39, 0.29) is 36.7 Å². The van der Waals surface area contributed by atoms with Crippen molar-refractivity contribution in [3.05, 3.63) is 29.3 Å². The van der Waals surface area contributed by atoms with E-state index in [0.717, 1.165) is 11.1 Å². The summed E-state index contributed by atoms with van der Waals surface area (Å²) < 4.78 is 5.79. The fourth-order valence-electron chi connectivity index (χ4n) is 2.61. The van der Waals surface area contributed by atoms with E-state index in [4.69, 9.17) is 10.5 Å². The summed E-state index contributed by atoms with van der Waals surface area (Å²) in [5.74, 6) is 0.687. The number of hydrogen-bond acceptors (Lipinski definition) is 4. The van der Waals surface area contributed by atoms with Crippen LogP contribution in [0.2, 0.25) is 0 Å². The standard InChI is InChI=1S/C20H32N2O3/c1-13(2)15-8-7-9-16(14(3)4)19(15)25-18(24)10-20(5,6)12-22-17(23)11-21/h7-9,13-14H,10-12,21H2,1-6H3,(H,22,23). The molecule has 1 aromatic carbocycles. The van der Waals surface area contributed by atoms with Crippen LogP contribution in [0.3, 0.4) is 0 Å². The predicted molar refractivity (Wildman–Crippen MR) is 101 cm³/mol. The lowest BCUT2D eigenvalue weighted by Crippen LogP contribution is -2.38. The number of ether oxygens (including phenoxy) is 1. The fourth-order valence-corrected chi connectivity index (χ4v) is 2.61. The smallest absolute Gasteiger partial charge is 0.311 e. The number of para-hydroxylation sites is 1. The Balaban J connectivity index is 2.91. The summed E-state index contributed by atoms with van der Waals surface area (Å²) in [6.07, 6.45) is 0.210. The number of carbonyl (C=O) groups excluding carboxylic acids is 2. The van der Waals surface area contributed by atoms with Crippen molar-refractivity contribution in [2.45, 2.75) is 59.8 Å². The first-order valence-corrected chi connectivity index (χ1v) is 8.87. The highest BCUT2D eigenvalue weighted by atomic mass is 16.5. The van der Waals surface area contributed by atoms with E-state index < -0.39 is 5.41 Å². The molecular formula is C20H32N2O3. The van der Waals surface area contributed by atoms with Crippen molar-refractivity contribution >= 4 is 11.9 Å². The number of amides is 1. The van der Waals surface area contributed by atoms with Gasteiger partial charge in [0.05, 0.1) is 13.0 Å². The topological polar surface area (TPSA) is 81.4 Å². The summed E-state index contributed by atoms with van der Waals surface area (Å²) in [5.41, 5.74) is 6.95. The maximum absolute atomic E-state index is 12.5. The molecule has 0 radical (unpaired) electrons. The molecule has 1 aromatic rings. The summed E-state index contributed by atoms with van der Waals surface area (Å²) in [5, 5.41) is 2.73. The largest absolute Gasteiger partial charge is 0.426 e. The molecule has 0 saturated heterocycles. The Labute approximate surface area is 151 Å². The average molecular weight is 348 g/mol. The van der Waals surface area contributed by atoms with E-state index in [1.807, 2.05) is 32.0 Å². The van der Waals surface area contributed by atoms with E-state index in [2.05, 4.69) is 33.0 Å². The summed E-state index contributed by atoms with van der Waals surface area (Å²) in [7, 11) is 0. The Bertz CT molecular complexity index is 581. The van der Waals surface area contributed by atoms with E-state index in [1.54, 1.807) is 0 Å². The SMILES string of the molecule is CC(C)c1cccc(C(C)C)c1OC(=O)CC(C)(C)CNC(=O)CN. The van der Waals surface area contributed by atoms with E-state index in [0.29, 0.717) is 12.3 Å². The normalized spacial score (nSPS) is 11.7. The molecule has 0 spiro atoms. The van der Waals surface area contributed by atoms with Crippen LogP contribution in [0.1, 0.15) is 70.9 Å². The Kier molecular flexibility index (Phi) is 7.61. The third kappa shape index (κ3) is 6.50. The second-order valence-corrected chi connectivity index (χ2v) is 7.87. The molecule has 0 aliphatic heterocycles. The van der Waals surface area contributed by atoms with Crippen LogP contribution in [0, 0.1) is 5.41 Å². The Morgan fingerprint density at radius 2 is 1.64 bits per heavy atom. The molecule has 0 bridgehead atoms. The highest BCUT2D eigenvalue weighted by Crippen LogP contribution is 2.35. The molecule has 0 aromatic heterocycles. The highest BCUT2D eigenvalue weighted by Gasteiger charge is 2.26. The molecule has 5 heteroatoms. The molecule has 0 heterocycles. The monoisotopic (exact) mass is 348 g/mol. The van der Waals surface area contributed by atoms with Crippen LogP contribution in [-0.4, -0.2) is 25.0 Å². The lowest BCUT2D eigenvalue weighted by molar-refractivity contribution is -0.137. The minimum absolute atomic E-state index is 0.0555. The number of hydrogen-bond donors (Lipinski definition) is 2. The van der Waals surface area contributed by atoms with Crippen molar-refractivity contribution in [3.63, 3.8) is 0 Å². The predicted octanol–water partition coefficient (Wildman–Crippen LogP) is 3.33. The molecule has 5 nitrogen and oxygen atoms in total. The molecule has 140 valence electrons. The lowest BCUT2D eigenvalue weighted by atomic mass is 9.89. The van der Waals surface area contributed by atoms with Crippen molar-refractivity contribution in [1.82, 2.24) is 5.32 Å². The van der Waals surface area contributed by atoms with Crippen molar-refractivity contribution in [2.75, 3.05) is 13.1 Å². The number of esters is 1. The first kappa shape index (κ1) is 21.2. The zero-order chi connectivity index (χ0) is 19.2. The Morgan fingerprint density at radius 1 is 1.12 bits per heavy atom. The van der Waals surface area contributed by atoms with Crippen LogP contribution in [0.5, 0.6) is 5.75 Å². The second kappa shape index (κ2) is 8.99. The molecular weight excluding hydrogens is 316 g/mol. The van der Waals surface area contributed by atoms with Crippen molar-refractivity contribution < 1.29 is 14.3 Å². The van der Waals surface area contributed by atoms with Gasteiger partial charge >= 0.3 is 5.97 Å². The average Bonchev–Trinajstić information content (AvgIpc) is 2.51. The van der Waals surface area contributed by atoms with Gasteiger partial charge in [-0.15, -0.1) is 0 Å². The zero-order valence-electron chi connectivity index (χ0n) is 16.3. The molecule has 1 amide bonds. The molecule has 3 N–H and O–H groups in total. The van der Waals surface area contributed by atoms with Gasteiger partial charge in [-0.05, 0) is 28.4 Å². The van der Waals surface area contributed by atoms with Crippen molar-refractivity contribution in [3.8, 4) is 5.75 Å². The first-order valence-electron chi connectivity index (χ1n) is 8.87. The maximum atomic E-state index is 12.5. The minimum Gasteiger partial charge on any atom is -0.426 e. The molecule has 1 rings (SSSR count). The number of nitrogens with two attached hydrogens (primary N) is 1. The van der Waals surface area contributed by atoms with E-state index in [9.17, 15) is 9.59 Å². The third-order valence-corrected chi connectivity index (χ3v) is 4.11. The van der Waals surface area contributed by atoms with Gasteiger partial charge in [0.25, 0.3) is 0 Å². The summed E-state index contributed by atoms with van der Waals surface area (Å²) in [4.78, 5) is 23.9. The van der Waals surface area contributed by atoms with Gasteiger partial charge in [0.15, 0.2) is 0 Å². The van der Waals surface area contributed by atoms with Gasteiger partial charge in [-0.2, -0.15) is 0 Å². The minimum atomic E-state index is -0.410. The van der Waals surface area contributed by atoms with E-state index >= 15 is 0 Å². The molecule has 0 unspecified atom stereocenters. The molecule has 0 aliphatic carbocycles. The Morgan fingerprint density at radius 3 is 2.08 bits per heavy atom. The van der Waals surface area contributed by atoms with Gasteiger partial charge in [-0.25, -0.2) is 0 Å². The summed E-state index contributed by atoms with van der Waals surface area (Å²) in [6, 6.07) is 6.02. The Hall–Kier alpha value is -1.88. The van der Waals surface area contributed by atoms with Crippen LogP contribution in [0.25, 0.3) is 0 Å². The molecule has 0 saturated carbocycles. The number of nitrogens with one attached hydrogen (secondary N) is 1. The second-order valence-electron chi connectivity index (χ2n) is 7.87. The van der Waals surface area contributed by atoms with Crippen molar-refractivity contribution in [1.29, 1.82) is 0 Å². The molecule has 0 fully saturated rings. The van der Waals surface area contributed by atoms with Crippen LogP contribution < -0.4 is 15.8 Å². The molecule has 25 heavy (non-hydrogen) atoms. The van der Waals surface area contributed by atoms with Gasteiger partial charge in [0, 0.05) is 6.54 Å². The van der Waals surface area contributed by atoms with Crippen LogP contribution in [0.15, 0.2) is 18.2 Å². The van der Waals surface area contributed by atoms with Crippen molar-refractivity contribution in [2.24, 2.45) is 11.1 Å². The maximum Gasteiger partial charge on any atom is 0.311 e. The fraction of sp³-hybridized carbons (Fsp3) is 0.600. The lowest BCUT2D eigenvalue weighted by Gasteiger charge is -2.25. The van der Waals surface area contributed by atoms with Gasteiger partial charge in [-0.3, -0.25) is 9.59 Å². The van der Waals surface area contributed by atoms with Gasteiger partial charge < -0.3 is 15.8 Å². The van der Waals surface area contributed by atoms with Crippen LogP contribution in [0.4, 0.5) is 0 Å². The van der Waals surface area contributed by atoms with Gasteiger partial charge in [-0.1, -0.05) is 59.7 Å². The van der Waals surface area contributed by atoms with E-state index in [1.165, 1.54) is 0 Å². The summed E-state index contributed by atoms with van der Waals surface area (Å²) in [6.45, 7) is 12.5. The van der Waals surface area contributed by atoms with Gasteiger partial charge in [0.1, 0.15) is 5.75 Å². The number of rotatable bonds is 8. The van der Waals surface area contributed by atoms with Gasteiger partial charge in [0.2, 0.25) is 5.91 Å². The quantitative estimate of drug-likeness (QED) is 0.558.